The number of aliphatic hydroxyl groups excluding tert-OH is 1. The molecule has 0 heterocycles. The van der Waals surface area contributed by atoms with Crippen LogP contribution in [0.1, 0.15) is 87.0 Å². The summed E-state index contributed by atoms with van der Waals surface area (Å²) < 4.78 is 10.7. The van der Waals surface area contributed by atoms with Crippen molar-refractivity contribution in [1.82, 2.24) is 5.32 Å². The number of ether oxygens (including phenoxy) is 2. The van der Waals surface area contributed by atoms with E-state index >= 15 is 0 Å². The Hall–Kier alpha value is -2.86. The van der Waals surface area contributed by atoms with Gasteiger partial charge in [0, 0.05) is 11.0 Å². The lowest BCUT2D eigenvalue weighted by Crippen LogP contribution is -2.39. The van der Waals surface area contributed by atoms with Gasteiger partial charge in [-0.2, -0.15) is 0 Å². The van der Waals surface area contributed by atoms with Crippen molar-refractivity contribution in [2.75, 3.05) is 13.7 Å². The summed E-state index contributed by atoms with van der Waals surface area (Å²) in [5.74, 6) is -0.0132. The minimum absolute atomic E-state index is 0.229. The summed E-state index contributed by atoms with van der Waals surface area (Å²) in [6, 6.07) is 11.5. The molecule has 0 saturated heterocycles. The molecule has 2 aromatic rings. The fraction of sp³-hybridized carbons (Fsp3) is 0.533. The number of nitrogens with one attached hydrogen (secondary N) is 1. The number of carbonyl (C=O) groups excluding carboxylic acids is 2. The normalized spacial score (nSPS) is 13.6. The highest BCUT2D eigenvalue weighted by Crippen LogP contribution is 2.41. The van der Waals surface area contributed by atoms with Crippen LogP contribution in [0.25, 0.3) is 0 Å². The fourth-order valence-electron chi connectivity index (χ4n) is 4.49. The molecule has 0 fully saturated rings. The molecular formula is C30H43NO5. The summed E-state index contributed by atoms with van der Waals surface area (Å²) in [5.41, 5.74) is 4.25. The number of hydrogen-bond acceptors (Lipinski definition) is 5. The maximum atomic E-state index is 12.8. The average molecular weight is 498 g/mol. The molecule has 198 valence electrons. The summed E-state index contributed by atoms with van der Waals surface area (Å²) in [6.45, 7) is 16.1. The van der Waals surface area contributed by atoms with Crippen LogP contribution in [0.3, 0.4) is 0 Å². The van der Waals surface area contributed by atoms with E-state index in [0.29, 0.717) is 5.56 Å². The van der Waals surface area contributed by atoms with Gasteiger partial charge in [0.15, 0.2) is 0 Å². The van der Waals surface area contributed by atoms with E-state index in [2.05, 4.69) is 37.4 Å². The van der Waals surface area contributed by atoms with Gasteiger partial charge in [0.05, 0.1) is 13.2 Å². The van der Waals surface area contributed by atoms with Crippen LogP contribution >= 0.6 is 0 Å². The Labute approximate surface area is 216 Å². The van der Waals surface area contributed by atoms with Gasteiger partial charge < -0.3 is 19.9 Å². The van der Waals surface area contributed by atoms with E-state index < -0.39 is 18.1 Å². The summed E-state index contributed by atoms with van der Waals surface area (Å²) in [4.78, 5) is 24.5. The smallest absolute Gasteiger partial charge is 0.328 e. The predicted molar refractivity (Wildman–Crippen MR) is 144 cm³/mol. The van der Waals surface area contributed by atoms with E-state index in [1.807, 2.05) is 52.8 Å². The van der Waals surface area contributed by atoms with Crippen molar-refractivity contribution in [3.63, 3.8) is 0 Å². The second-order valence-electron chi connectivity index (χ2n) is 10.7. The van der Waals surface area contributed by atoms with Crippen molar-refractivity contribution in [3.05, 3.63) is 64.2 Å². The molecule has 2 aromatic carbocycles. The molecule has 1 amide bonds. The van der Waals surface area contributed by atoms with Crippen LogP contribution in [0.5, 0.6) is 5.75 Å². The first-order valence-corrected chi connectivity index (χ1v) is 12.7. The highest BCUT2D eigenvalue weighted by atomic mass is 16.5. The number of esters is 1. The van der Waals surface area contributed by atoms with Crippen LogP contribution in [0, 0.1) is 19.3 Å². The first-order valence-electron chi connectivity index (χ1n) is 12.7. The van der Waals surface area contributed by atoms with Crippen molar-refractivity contribution in [2.45, 2.75) is 85.8 Å². The quantitative estimate of drug-likeness (QED) is 0.424. The monoisotopic (exact) mass is 497 g/mol. The van der Waals surface area contributed by atoms with Gasteiger partial charge in [-0.3, -0.25) is 4.79 Å². The lowest BCUT2D eigenvalue weighted by Gasteiger charge is -2.34. The molecule has 6 nitrogen and oxygen atoms in total. The van der Waals surface area contributed by atoms with Crippen LogP contribution in [0.4, 0.5) is 0 Å². The number of carbonyl (C=O) groups is 2. The van der Waals surface area contributed by atoms with E-state index in [0.717, 1.165) is 35.3 Å². The fourth-order valence-corrected chi connectivity index (χ4v) is 4.49. The van der Waals surface area contributed by atoms with Crippen molar-refractivity contribution in [1.29, 1.82) is 0 Å². The van der Waals surface area contributed by atoms with Crippen LogP contribution in [0.15, 0.2) is 36.4 Å². The third-order valence-electron chi connectivity index (χ3n) is 7.26. The van der Waals surface area contributed by atoms with Gasteiger partial charge in [-0.25, -0.2) is 4.79 Å². The molecule has 0 aromatic heterocycles. The molecule has 36 heavy (non-hydrogen) atoms. The Kier molecular flexibility index (Phi) is 9.72. The molecule has 0 bridgehead atoms. The van der Waals surface area contributed by atoms with E-state index in [4.69, 9.17) is 9.47 Å². The van der Waals surface area contributed by atoms with Gasteiger partial charge in [-0.15, -0.1) is 0 Å². The lowest BCUT2D eigenvalue weighted by molar-refractivity contribution is -0.142. The van der Waals surface area contributed by atoms with Crippen LogP contribution in [-0.2, 0) is 14.9 Å². The van der Waals surface area contributed by atoms with Crippen LogP contribution < -0.4 is 10.1 Å². The molecule has 0 saturated carbocycles. The first kappa shape index (κ1) is 29.4. The van der Waals surface area contributed by atoms with E-state index in [1.54, 1.807) is 6.92 Å². The highest BCUT2D eigenvalue weighted by Gasteiger charge is 2.32. The summed E-state index contributed by atoms with van der Waals surface area (Å²) in [6.07, 6.45) is 1.21. The summed E-state index contributed by atoms with van der Waals surface area (Å²) in [7, 11) is 1.30. The molecular weight excluding hydrogens is 454 g/mol. The zero-order valence-corrected chi connectivity index (χ0v) is 23.3. The topological polar surface area (TPSA) is 84.9 Å². The highest BCUT2D eigenvalue weighted by molar-refractivity contribution is 5.98. The summed E-state index contributed by atoms with van der Waals surface area (Å²) in [5, 5.41) is 13.0. The standard InChI is InChI=1S/C30H43NO5/c1-10-30(11-2,23-13-15-25(20(4)17-23)36-18-26(32)29(6,7)8)22-12-14-24(19(3)16-22)27(33)31-21(5)28(34)35-9/h12-17,21,26,32H,10-11,18H2,1-9H3,(H,31,33). The maximum Gasteiger partial charge on any atom is 0.328 e. The Morgan fingerprint density at radius 3 is 2.00 bits per heavy atom. The number of rotatable bonds is 10. The number of hydrogen-bond donors (Lipinski definition) is 2. The van der Waals surface area contributed by atoms with Crippen molar-refractivity contribution in [3.8, 4) is 5.75 Å². The zero-order valence-electron chi connectivity index (χ0n) is 23.3. The molecule has 2 unspecified atom stereocenters. The third-order valence-corrected chi connectivity index (χ3v) is 7.26. The molecule has 0 spiro atoms. The van der Waals surface area contributed by atoms with E-state index in [9.17, 15) is 14.7 Å². The van der Waals surface area contributed by atoms with Gasteiger partial charge >= 0.3 is 5.97 Å². The van der Waals surface area contributed by atoms with Crippen LogP contribution in [-0.4, -0.2) is 42.8 Å². The molecule has 2 atom stereocenters. The molecule has 0 aliphatic rings. The Bertz CT molecular complexity index is 1070. The van der Waals surface area contributed by atoms with Crippen molar-refractivity contribution in [2.24, 2.45) is 5.41 Å². The van der Waals surface area contributed by atoms with Gasteiger partial charge in [-0.05, 0) is 73.4 Å². The number of amides is 1. The third kappa shape index (κ3) is 6.47. The number of aliphatic hydroxyl groups is 1. The molecule has 0 aliphatic carbocycles. The minimum Gasteiger partial charge on any atom is -0.491 e. The van der Waals surface area contributed by atoms with Crippen molar-refractivity contribution >= 4 is 11.9 Å². The molecule has 2 rings (SSSR count). The lowest BCUT2D eigenvalue weighted by atomic mass is 9.70. The maximum absolute atomic E-state index is 12.8. The Balaban J connectivity index is 2.35. The number of benzene rings is 2. The van der Waals surface area contributed by atoms with Gasteiger partial charge in [0.1, 0.15) is 18.4 Å². The summed E-state index contributed by atoms with van der Waals surface area (Å²) >= 11 is 0. The zero-order chi connectivity index (χ0) is 27.3. The molecule has 2 N–H and O–H groups in total. The predicted octanol–water partition coefficient (Wildman–Crippen LogP) is 5.49. The molecule has 6 heteroatoms. The average Bonchev–Trinajstić information content (AvgIpc) is 2.83. The van der Waals surface area contributed by atoms with Gasteiger partial charge in [0.25, 0.3) is 5.91 Å². The number of methoxy groups -OCH3 is 1. The molecule has 0 aliphatic heterocycles. The first-order chi connectivity index (χ1) is 16.8. The Morgan fingerprint density at radius 2 is 1.53 bits per heavy atom. The van der Waals surface area contributed by atoms with E-state index in [1.165, 1.54) is 12.7 Å². The molecule has 0 radical (unpaired) electrons. The SMILES string of the molecule is CCC(CC)(c1ccc(OCC(O)C(C)(C)C)c(C)c1)c1ccc(C(=O)NC(C)C(=O)OC)c(C)c1. The Morgan fingerprint density at radius 1 is 0.972 bits per heavy atom. The second kappa shape index (κ2) is 11.9. The van der Waals surface area contributed by atoms with Crippen molar-refractivity contribution < 1.29 is 24.2 Å². The largest absolute Gasteiger partial charge is 0.491 e. The second-order valence-corrected chi connectivity index (χ2v) is 10.7. The van der Waals surface area contributed by atoms with Gasteiger partial charge in [-0.1, -0.05) is 58.9 Å². The van der Waals surface area contributed by atoms with Gasteiger partial charge in [0.2, 0.25) is 0 Å². The van der Waals surface area contributed by atoms with Crippen LogP contribution in [0.2, 0.25) is 0 Å². The number of aryl methyl sites for hydroxylation is 2. The van der Waals surface area contributed by atoms with E-state index in [-0.39, 0.29) is 23.3 Å². The minimum atomic E-state index is -0.722.